The molecule has 3 aromatic rings. The monoisotopic (exact) mass is 525 g/mol. The van der Waals surface area contributed by atoms with Crippen molar-refractivity contribution in [1.82, 2.24) is 0 Å². The second-order valence-corrected chi connectivity index (χ2v) is 8.05. The Kier molecular flexibility index (Phi) is 8.08. The van der Waals surface area contributed by atoms with Gasteiger partial charge in [-0.05, 0) is 72.8 Å². The zero-order valence-electron chi connectivity index (χ0n) is 17.0. The highest BCUT2D eigenvalue weighted by Crippen LogP contribution is 2.26. The summed E-state index contributed by atoms with van der Waals surface area (Å²) < 4.78 is 6.33. The van der Waals surface area contributed by atoms with Gasteiger partial charge < -0.3 is 20.5 Å². The van der Waals surface area contributed by atoms with Crippen LogP contribution in [0, 0.1) is 11.3 Å². The van der Waals surface area contributed by atoms with Gasteiger partial charge >= 0.3 is 0 Å². The minimum atomic E-state index is -0.630. The number of carbonyl (C=O) groups excluding carboxylic acids is 2. The van der Waals surface area contributed by atoms with E-state index in [4.69, 9.17) is 16.3 Å². The zero-order chi connectivity index (χ0) is 23.8. The number of hydrogen-bond acceptors (Lipinski definition) is 5. The van der Waals surface area contributed by atoms with Gasteiger partial charge in [0, 0.05) is 26.4 Å². The van der Waals surface area contributed by atoms with Crippen LogP contribution < -0.4 is 15.4 Å². The van der Waals surface area contributed by atoms with Gasteiger partial charge in [-0.2, -0.15) is 5.26 Å². The molecule has 7 nitrogen and oxygen atoms in total. The molecule has 0 radical (unpaired) electrons. The van der Waals surface area contributed by atoms with Crippen LogP contribution in [0.25, 0.3) is 6.08 Å². The Balaban J connectivity index is 1.73. The first kappa shape index (κ1) is 23.9. The molecule has 0 aliphatic heterocycles. The molecule has 0 heterocycles. The number of nitriles is 1. The molecular weight excluding hydrogens is 510 g/mol. The highest BCUT2D eigenvalue weighted by Gasteiger charge is 2.13. The van der Waals surface area contributed by atoms with E-state index in [2.05, 4.69) is 26.6 Å². The summed E-state index contributed by atoms with van der Waals surface area (Å²) in [5, 5.41) is 24.7. The molecule has 0 aliphatic rings. The lowest BCUT2D eigenvalue weighted by molar-refractivity contribution is -0.118. The number of hydrogen-bond donors (Lipinski definition) is 3. The fraction of sp³-hybridized carbons (Fsp3) is 0.0417. The lowest BCUT2D eigenvalue weighted by Crippen LogP contribution is -2.20. The Morgan fingerprint density at radius 2 is 1.67 bits per heavy atom. The summed E-state index contributed by atoms with van der Waals surface area (Å²) >= 11 is 9.19. The number of nitrogens with one attached hydrogen (secondary N) is 2. The molecule has 0 saturated heterocycles. The van der Waals surface area contributed by atoms with Crippen molar-refractivity contribution in [3.8, 4) is 17.6 Å². The van der Waals surface area contributed by atoms with Crippen molar-refractivity contribution in [2.24, 2.45) is 0 Å². The van der Waals surface area contributed by atoms with Crippen LogP contribution in [0.1, 0.15) is 5.56 Å². The second kappa shape index (κ2) is 11.2. The van der Waals surface area contributed by atoms with E-state index in [1.165, 1.54) is 30.3 Å². The highest BCUT2D eigenvalue weighted by atomic mass is 79.9. The molecule has 3 N–H and O–H groups in total. The van der Waals surface area contributed by atoms with E-state index >= 15 is 0 Å². The summed E-state index contributed by atoms with van der Waals surface area (Å²) in [7, 11) is 0. The molecule has 0 aromatic heterocycles. The Bertz CT molecular complexity index is 1240. The zero-order valence-corrected chi connectivity index (χ0v) is 19.4. The fourth-order valence-corrected chi connectivity index (χ4v) is 3.19. The Hall–Kier alpha value is -3.80. The van der Waals surface area contributed by atoms with Crippen molar-refractivity contribution in [2.45, 2.75) is 0 Å². The van der Waals surface area contributed by atoms with Crippen molar-refractivity contribution in [3.63, 3.8) is 0 Å². The van der Waals surface area contributed by atoms with Crippen LogP contribution in [0.3, 0.4) is 0 Å². The first-order valence-electron chi connectivity index (χ1n) is 9.54. The van der Waals surface area contributed by atoms with Crippen LogP contribution in [0.4, 0.5) is 11.4 Å². The van der Waals surface area contributed by atoms with Crippen LogP contribution in [0.2, 0.25) is 5.02 Å². The fourth-order valence-electron chi connectivity index (χ4n) is 2.68. The predicted octanol–water partition coefficient (Wildman–Crippen LogP) is 5.37. The lowest BCUT2D eigenvalue weighted by atomic mass is 10.1. The van der Waals surface area contributed by atoms with Gasteiger partial charge in [-0.25, -0.2) is 0 Å². The molecule has 3 rings (SSSR count). The number of rotatable bonds is 7. The van der Waals surface area contributed by atoms with E-state index in [-0.39, 0.29) is 23.8 Å². The SMILES string of the molecule is N#C/C(=C\c1cc(Br)ccc1OCC(=O)Nc1ccc(Cl)cc1)C(=O)Nc1ccc(O)cc1. The number of anilines is 2. The van der Waals surface area contributed by atoms with Gasteiger partial charge in [0.1, 0.15) is 23.1 Å². The van der Waals surface area contributed by atoms with Crippen LogP contribution >= 0.6 is 27.5 Å². The first-order valence-corrected chi connectivity index (χ1v) is 10.7. The van der Waals surface area contributed by atoms with Gasteiger partial charge in [-0.3, -0.25) is 9.59 Å². The predicted molar refractivity (Wildman–Crippen MR) is 130 cm³/mol. The molecule has 0 bridgehead atoms. The molecule has 166 valence electrons. The van der Waals surface area contributed by atoms with Crippen molar-refractivity contribution < 1.29 is 19.4 Å². The smallest absolute Gasteiger partial charge is 0.266 e. The van der Waals surface area contributed by atoms with Gasteiger partial charge in [-0.1, -0.05) is 27.5 Å². The summed E-state index contributed by atoms with van der Waals surface area (Å²) in [5.74, 6) is -0.648. The molecular formula is C24H17BrClN3O4. The number of aromatic hydroxyl groups is 1. The average Bonchev–Trinajstić information content (AvgIpc) is 2.79. The van der Waals surface area contributed by atoms with Gasteiger partial charge in [0.2, 0.25) is 0 Å². The van der Waals surface area contributed by atoms with E-state index in [1.54, 1.807) is 42.5 Å². The van der Waals surface area contributed by atoms with Crippen LogP contribution in [0.5, 0.6) is 11.5 Å². The number of phenols is 1. The number of amides is 2. The second-order valence-electron chi connectivity index (χ2n) is 6.70. The van der Waals surface area contributed by atoms with Gasteiger partial charge in [-0.15, -0.1) is 0 Å². The minimum Gasteiger partial charge on any atom is -0.508 e. The van der Waals surface area contributed by atoms with E-state index in [0.29, 0.717) is 32.2 Å². The minimum absolute atomic E-state index is 0.0556. The van der Waals surface area contributed by atoms with Gasteiger partial charge in [0.05, 0.1) is 0 Å². The van der Waals surface area contributed by atoms with Crippen LogP contribution in [-0.2, 0) is 9.59 Å². The van der Waals surface area contributed by atoms with E-state index in [9.17, 15) is 20.0 Å². The van der Waals surface area contributed by atoms with Crippen molar-refractivity contribution in [3.05, 3.63) is 87.4 Å². The number of phenolic OH excluding ortho intramolecular Hbond substituents is 1. The summed E-state index contributed by atoms with van der Waals surface area (Å²) in [6.45, 7) is -0.285. The number of benzene rings is 3. The summed E-state index contributed by atoms with van der Waals surface area (Å²) in [6.07, 6.45) is 1.37. The lowest BCUT2D eigenvalue weighted by Gasteiger charge is -2.11. The van der Waals surface area contributed by atoms with E-state index < -0.39 is 5.91 Å². The van der Waals surface area contributed by atoms with Crippen molar-refractivity contribution in [2.75, 3.05) is 17.2 Å². The molecule has 0 spiro atoms. The van der Waals surface area contributed by atoms with Crippen molar-refractivity contribution >= 4 is 56.8 Å². The maximum Gasteiger partial charge on any atom is 0.266 e. The highest BCUT2D eigenvalue weighted by molar-refractivity contribution is 9.10. The standard InChI is InChI=1S/C24H17BrClN3O4/c25-17-1-10-22(33-14-23(31)28-19-4-2-18(26)3-5-19)15(12-17)11-16(13-27)24(32)29-20-6-8-21(30)9-7-20/h1-12,30H,14H2,(H,28,31)(H,29,32)/b16-11+. The molecule has 0 saturated carbocycles. The molecule has 33 heavy (non-hydrogen) atoms. The molecule has 0 atom stereocenters. The molecule has 0 fully saturated rings. The van der Waals surface area contributed by atoms with E-state index in [1.807, 2.05) is 6.07 Å². The molecule has 3 aromatic carbocycles. The topological polar surface area (TPSA) is 111 Å². The number of carbonyl (C=O) groups is 2. The van der Waals surface area contributed by atoms with E-state index in [0.717, 1.165) is 0 Å². The third kappa shape index (κ3) is 7.10. The molecule has 2 amide bonds. The van der Waals surface area contributed by atoms with Gasteiger partial charge in [0.25, 0.3) is 11.8 Å². The normalized spacial score (nSPS) is 10.8. The molecule has 9 heteroatoms. The molecule has 0 unspecified atom stereocenters. The third-order valence-electron chi connectivity index (χ3n) is 4.25. The maximum absolute atomic E-state index is 12.5. The van der Waals surface area contributed by atoms with Crippen LogP contribution in [0.15, 0.2) is 76.8 Å². The average molecular weight is 527 g/mol. The van der Waals surface area contributed by atoms with Gasteiger partial charge in [0.15, 0.2) is 6.61 Å². The maximum atomic E-state index is 12.5. The largest absolute Gasteiger partial charge is 0.508 e. The Morgan fingerprint density at radius 1 is 1.03 bits per heavy atom. The third-order valence-corrected chi connectivity index (χ3v) is 4.99. The summed E-state index contributed by atoms with van der Waals surface area (Å²) in [4.78, 5) is 24.8. The number of halogens is 2. The van der Waals surface area contributed by atoms with Crippen LogP contribution in [-0.4, -0.2) is 23.5 Å². The summed E-state index contributed by atoms with van der Waals surface area (Å²) in [5.41, 5.74) is 1.25. The quantitative estimate of drug-likeness (QED) is 0.218. The number of nitrogens with zero attached hydrogens (tertiary/aromatic N) is 1. The Labute approximate surface area is 203 Å². The molecule has 0 aliphatic carbocycles. The summed E-state index contributed by atoms with van der Waals surface area (Å²) in [6, 6.07) is 19.4. The first-order chi connectivity index (χ1) is 15.8. The number of ether oxygens (including phenoxy) is 1. The Morgan fingerprint density at radius 3 is 2.33 bits per heavy atom. The van der Waals surface area contributed by atoms with Crippen molar-refractivity contribution in [1.29, 1.82) is 5.26 Å².